The van der Waals surface area contributed by atoms with Gasteiger partial charge in [-0.3, -0.25) is 0 Å². The van der Waals surface area contributed by atoms with Crippen molar-refractivity contribution in [1.29, 1.82) is 0 Å². The van der Waals surface area contributed by atoms with E-state index in [2.05, 4.69) is 13.8 Å². The van der Waals surface area contributed by atoms with Gasteiger partial charge in [-0.25, -0.2) is 4.79 Å². The maximum atomic E-state index is 11.5. The molecule has 0 aliphatic heterocycles. The lowest BCUT2D eigenvalue weighted by atomic mass is 9.91. The van der Waals surface area contributed by atoms with Gasteiger partial charge >= 0.3 is 5.97 Å². The number of unbranched alkanes of at least 4 members (excludes halogenated alkanes) is 4. The fourth-order valence-corrected chi connectivity index (χ4v) is 2.96. The van der Waals surface area contributed by atoms with Crippen LogP contribution in [0.15, 0.2) is 0 Å². The SMILES string of the molecule is CCCCCc1c(Cl)c(O)c(O)c(C(=O)O)c1CCCCC. The molecule has 0 aromatic heterocycles. The molecule has 0 aliphatic carbocycles. The van der Waals surface area contributed by atoms with Crippen LogP contribution in [0.4, 0.5) is 0 Å². The van der Waals surface area contributed by atoms with Gasteiger partial charge in [-0.2, -0.15) is 0 Å². The molecule has 0 fully saturated rings. The molecule has 1 rings (SSSR count). The summed E-state index contributed by atoms with van der Waals surface area (Å²) in [7, 11) is 0. The van der Waals surface area contributed by atoms with E-state index in [0.717, 1.165) is 38.5 Å². The van der Waals surface area contributed by atoms with Crippen LogP contribution >= 0.6 is 11.6 Å². The highest BCUT2D eigenvalue weighted by atomic mass is 35.5. The molecular formula is C17H25ClO4. The number of phenolic OH excluding ortho intramolecular Hbond substituents is 1. The molecular weight excluding hydrogens is 304 g/mol. The Bertz CT molecular complexity index is 526. The van der Waals surface area contributed by atoms with Crippen molar-refractivity contribution < 1.29 is 20.1 Å². The van der Waals surface area contributed by atoms with Crippen molar-refractivity contribution in [3.63, 3.8) is 0 Å². The van der Waals surface area contributed by atoms with Crippen LogP contribution in [0.25, 0.3) is 0 Å². The fraction of sp³-hybridized carbons (Fsp3) is 0.588. The molecule has 0 amide bonds. The molecule has 1 aromatic carbocycles. The predicted molar refractivity (Wildman–Crippen MR) is 88.2 cm³/mol. The number of hydrogen-bond acceptors (Lipinski definition) is 3. The second-order valence-corrected chi connectivity index (χ2v) is 5.94. The second-order valence-electron chi connectivity index (χ2n) is 5.56. The standard InChI is InChI=1S/C17H25ClO4/c1-3-5-7-9-11-12(10-8-6-4-2)14(18)16(20)15(19)13(11)17(21)22/h19-20H,3-10H2,1-2H3,(H,21,22). The smallest absolute Gasteiger partial charge is 0.339 e. The van der Waals surface area contributed by atoms with Gasteiger partial charge in [-0.05, 0) is 36.8 Å². The van der Waals surface area contributed by atoms with E-state index in [1.807, 2.05) is 0 Å². The number of phenols is 2. The first-order valence-corrected chi connectivity index (χ1v) is 8.31. The summed E-state index contributed by atoms with van der Waals surface area (Å²) in [5.41, 5.74) is 1.03. The van der Waals surface area contributed by atoms with Crippen LogP contribution in [0.1, 0.15) is 73.9 Å². The number of hydrogen-bond donors (Lipinski definition) is 3. The second kappa shape index (κ2) is 8.89. The summed E-state index contributed by atoms with van der Waals surface area (Å²) >= 11 is 6.17. The molecule has 4 nitrogen and oxygen atoms in total. The zero-order chi connectivity index (χ0) is 16.7. The molecule has 3 N–H and O–H groups in total. The quantitative estimate of drug-likeness (QED) is 0.444. The summed E-state index contributed by atoms with van der Waals surface area (Å²) < 4.78 is 0. The summed E-state index contributed by atoms with van der Waals surface area (Å²) in [5, 5.41) is 29.4. The van der Waals surface area contributed by atoms with Crippen LogP contribution < -0.4 is 0 Å². The summed E-state index contributed by atoms with van der Waals surface area (Å²) in [5.74, 6) is -2.37. The average molecular weight is 329 g/mol. The molecule has 0 atom stereocenters. The molecule has 5 heteroatoms. The molecule has 1 aromatic rings. The van der Waals surface area contributed by atoms with Crippen molar-refractivity contribution in [2.75, 3.05) is 0 Å². The van der Waals surface area contributed by atoms with Crippen molar-refractivity contribution in [2.45, 2.75) is 65.2 Å². The van der Waals surface area contributed by atoms with Crippen molar-refractivity contribution in [3.05, 3.63) is 21.7 Å². The number of benzene rings is 1. The third kappa shape index (κ3) is 4.29. The van der Waals surface area contributed by atoms with E-state index in [0.29, 0.717) is 24.0 Å². The van der Waals surface area contributed by atoms with Gasteiger partial charge in [-0.1, -0.05) is 51.1 Å². The minimum atomic E-state index is -1.23. The fourth-order valence-electron chi connectivity index (χ4n) is 2.66. The van der Waals surface area contributed by atoms with Crippen molar-refractivity contribution in [2.24, 2.45) is 0 Å². The summed E-state index contributed by atoms with van der Waals surface area (Å²) in [6.07, 6.45) is 6.91. The largest absolute Gasteiger partial charge is 0.504 e. The first-order valence-electron chi connectivity index (χ1n) is 7.94. The number of aromatic hydroxyl groups is 2. The third-order valence-corrected chi connectivity index (χ3v) is 4.28. The summed E-state index contributed by atoms with van der Waals surface area (Å²) in [6, 6.07) is 0. The maximum absolute atomic E-state index is 11.5. The monoisotopic (exact) mass is 328 g/mol. The Hall–Kier alpha value is -1.42. The van der Waals surface area contributed by atoms with Gasteiger partial charge in [0.25, 0.3) is 0 Å². The van der Waals surface area contributed by atoms with Crippen LogP contribution in [-0.2, 0) is 12.8 Å². The Morgan fingerprint density at radius 1 is 0.909 bits per heavy atom. The lowest BCUT2D eigenvalue weighted by molar-refractivity contribution is 0.0691. The van der Waals surface area contributed by atoms with Gasteiger partial charge in [0, 0.05) is 0 Å². The van der Waals surface area contributed by atoms with Gasteiger partial charge in [0.2, 0.25) is 0 Å². The Labute approximate surface area is 136 Å². The van der Waals surface area contributed by atoms with Gasteiger partial charge in [-0.15, -0.1) is 0 Å². The van der Waals surface area contributed by atoms with E-state index in [9.17, 15) is 20.1 Å². The maximum Gasteiger partial charge on any atom is 0.339 e. The number of rotatable bonds is 9. The predicted octanol–water partition coefficient (Wildman–Crippen LogP) is 4.91. The van der Waals surface area contributed by atoms with Gasteiger partial charge in [0.1, 0.15) is 5.56 Å². The van der Waals surface area contributed by atoms with Crippen molar-refractivity contribution in [3.8, 4) is 11.5 Å². The Morgan fingerprint density at radius 3 is 1.86 bits per heavy atom. The number of carbonyl (C=O) groups is 1. The normalized spacial score (nSPS) is 10.9. The Kier molecular flexibility index (Phi) is 7.52. The molecule has 0 spiro atoms. The molecule has 0 bridgehead atoms. The zero-order valence-electron chi connectivity index (χ0n) is 13.3. The highest BCUT2D eigenvalue weighted by molar-refractivity contribution is 6.33. The molecule has 124 valence electrons. The van der Waals surface area contributed by atoms with Crippen LogP contribution in [-0.4, -0.2) is 21.3 Å². The molecule has 0 saturated heterocycles. The van der Waals surface area contributed by atoms with E-state index in [1.54, 1.807) is 0 Å². The van der Waals surface area contributed by atoms with Crippen LogP contribution in [0.5, 0.6) is 11.5 Å². The van der Waals surface area contributed by atoms with Crippen LogP contribution in [0.3, 0.4) is 0 Å². The van der Waals surface area contributed by atoms with E-state index >= 15 is 0 Å². The van der Waals surface area contributed by atoms with E-state index < -0.39 is 17.5 Å². The van der Waals surface area contributed by atoms with Crippen LogP contribution in [0, 0.1) is 0 Å². The molecule has 0 unspecified atom stereocenters. The molecule has 0 heterocycles. The third-order valence-electron chi connectivity index (χ3n) is 3.87. The van der Waals surface area contributed by atoms with E-state index in [1.165, 1.54) is 0 Å². The zero-order valence-corrected chi connectivity index (χ0v) is 14.0. The van der Waals surface area contributed by atoms with Gasteiger partial charge < -0.3 is 15.3 Å². The summed E-state index contributed by atoms with van der Waals surface area (Å²) in [6.45, 7) is 4.16. The summed E-state index contributed by atoms with van der Waals surface area (Å²) in [4.78, 5) is 11.5. The van der Waals surface area contributed by atoms with E-state index in [4.69, 9.17) is 11.6 Å². The minimum Gasteiger partial charge on any atom is -0.504 e. The topological polar surface area (TPSA) is 77.8 Å². The first-order chi connectivity index (χ1) is 10.5. The highest BCUT2D eigenvalue weighted by Gasteiger charge is 2.25. The first kappa shape index (κ1) is 18.6. The Morgan fingerprint density at radius 2 is 1.41 bits per heavy atom. The van der Waals surface area contributed by atoms with Crippen molar-refractivity contribution in [1.82, 2.24) is 0 Å². The minimum absolute atomic E-state index is 0.0881. The number of carboxylic acid groups (broad SMARTS) is 1. The Balaban J connectivity index is 3.32. The average Bonchev–Trinajstić information content (AvgIpc) is 2.48. The lowest BCUT2D eigenvalue weighted by Crippen LogP contribution is -2.08. The highest BCUT2D eigenvalue weighted by Crippen LogP contribution is 2.43. The van der Waals surface area contributed by atoms with E-state index in [-0.39, 0.29) is 10.6 Å². The number of halogens is 1. The lowest BCUT2D eigenvalue weighted by Gasteiger charge is -2.17. The van der Waals surface area contributed by atoms with Gasteiger partial charge in [0.05, 0.1) is 5.02 Å². The number of aromatic carboxylic acids is 1. The molecule has 22 heavy (non-hydrogen) atoms. The molecule has 0 saturated carbocycles. The van der Waals surface area contributed by atoms with Gasteiger partial charge in [0.15, 0.2) is 11.5 Å². The molecule has 0 aliphatic rings. The number of carboxylic acids is 1. The molecule has 0 radical (unpaired) electrons. The van der Waals surface area contributed by atoms with Crippen molar-refractivity contribution >= 4 is 17.6 Å². The van der Waals surface area contributed by atoms with Crippen LogP contribution in [0.2, 0.25) is 5.02 Å².